The monoisotopic (exact) mass is 340 g/mol. The van der Waals surface area contributed by atoms with Gasteiger partial charge in [0.15, 0.2) is 11.5 Å². The van der Waals surface area contributed by atoms with E-state index in [2.05, 4.69) is 15.9 Å². The fraction of sp³-hybridized carbons (Fsp3) is 0.200. The lowest BCUT2D eigenvalue weighted by Crippen LogP contribution is -1.99. The molecule has 0 aliphatic carbocycles. The summed E-state index contributed by atoms with van der Waals surface area (Å²) in [6, 6.07) is 9.21. The molecule has 2 aromatic carbocycles. The van der Waals surface area contributed by atoms with Gasteiger partial charge in [0, 0.05) is 10.9 Å². The van der Waals surface area contributed by atoms with Crippen LogP contribution in [0.15, 0.2) is 36.4 Å². The summed E-state index contributed by atoms with van der Waals surface area (Å²) in [7, 11) is 0. The number of ether oxygens (including phenoxy) is 2. The van der Waals surface area contributed by atoms with Crippen molar-refractivity contribution in [2.45, 2.75) is 11.2 Å². The number of rotatable bonds is 3. The highest BCUT2D eigenvalue weighted by Crippen LogP contribution is 2.37. The first-order valence-electron chi connectivity index (χ1n) is 6.11. The molecule has 1 aliphatic rings. The minimum Gasteiger partial charge on any atom is -0.454 e. The SMILES string of the molecule is Fc1ccc(CC(Br)c2ccc3c(c2)OCO3)c(F)c1. The van der Waals surface area contributed by atoms with Gasteiger partial charge in [-0.1, -0.05) is 28.1 Å². The number of hydrogen-bond donors (Lipinski definition) is 0. The molecule has 1 heterocycles. The maximum absolute atomic E-state index is 13.6. The van der Waals surface area contributed by atoms with E-state index in [9.17, 15) is 8.78 Å². The Morgan fingerprint density at radius 1 is 1.05 bits per heavy atom. The third kappa shape index (κ3) is 2.63. The average molecular weight is 341 g/mol. The Kier molecular flexibility index (Phi) is 3.61. The fourth-order valence-corrected chi connectivity index (χ4v) is 2.74. The summed E-state index contributed by atoms with van der Waals surface area (Å²) < 4.78 is 37.1. The van der Waals surface area contributed by atoms with Gasteiger partial charge in [-0.15, -0.1) is 0 Å². The fourth-order valence-electron chi connectivity index (χ4n) is 2.11. The van der Waals surface area contributed by atoms with Crippen molar-refractivity contribution < 1.29 is 18.3 Å². The lowest BCUT2D eigenvalue weighted by molar-refractivity contribution is 0.174. The van der Waals surface area contributed by atoms with Crippen LogP contribution in [-0.4, -0.2) is 6.79 Å². The van der Waals surface area contributed by atoms with E-state index in [1.54, 1.807) is 0 Å². The van der Waals surface area contributed by atoms with Gasteiger partial charge in [0.05, 0.1) is 0 Å². The Labute approximate surface area is 123 Å². The van der Waals surface area contributed by atoms with Crippen LogP contribution in [0, 0.1) is 11.6 Å². The van der Waals surface area contributed by atoms with Crippen LogP contribution in [0.25, 0.3) is 0 Å². The second kappa shape index (κ2) is 5.40. The summed E-state index contributed by atoms with van der Waals surface area (Å²) in [5.41, 5.74) is 1.42. The van der Waals surface area contributed by atoms with E-state index in [4.69, 9.17) is 9.47 Å². The average Bonchev–Trinajstić information content (AvgIpc) is 2.89. The third-order valence-corrected chi connectivity index (χ3v) is 4.02. The van der Waals surface area contributed by atoms with Crippen molar-refractivity contribution in [1.29, 1.82) is 0 Å². The van der Waals surface area contributed by atoms with E-state index in [0.29, 0.717) is 23.5 Å². The second-order valence-electron chi connectivity index (χ2n) is 4.52. The van der Waals surface area contributed by atoms with Crippen LogP contribution in [0.3, 0.4) is 0 Å². The quantitative estimate of drug-likeness (QED) is 0.772. The largest absolute Gasteiger partial charge is 0.454 e. The molecule has 20 heavy (non-hydrogen) atoms. The van der Waals surface area contributed by atoms with Gasteiger partial charge in [-0.2, -0.15) is 0 Å². The summed E-state index contributed by atoms with van der Waals surface area (Å²) in [5.74, 6) is 0.295. The lowest BCUT2D eigenvalue weighted by Gasteiger charge is -2.11. The standard InChI is InChI=1S/C15H11BrF2O2/c16-12(5-10-1-3-11(17)7-13(10)18)9-2-4-14-15(6-9)20-8-19-14/h1-4,6-7,12H,5,8H2. The maximum atomic E-state index is 13.6. The van der Waals surface area contributed by atoms with E-state index in [1.807, 2.05) is 18.2 Å². The molecular formula is C15H11BrF2O2. The van der Waals surface area contributed by atoms with E-state index >= 15 is 0 Å². The molecule has 0 bridgehead atoms. The highest BCUT2D eigenvalue weighted by atomic mass is 79.9. The van der Waals surface area contributed by atoms with Gasteiger partial charge < -0.3 is 9.47 Å². The molecule has 0 amide bonds. The van der Waals surface area contributed by atoms with Gasteiger partial charge >= 0.3 is 0 Å². The number of hydrogen-bond acceptors (Lipinski definition) is 2. The molecule has 2 aromatic rings. The molecule has 104 valence electrons. The van der Waals surface area contributed by atoms with Crippen LogP contribution >= 0.6 is 15.9 Å². The molecule has 0 spiro atoms. The van der Waals surface area contributed by atoms with Gasteiger partial charge in [0.25, 0.3) is 0 Å². The zero-order valence-electron chi connectivity index (χ0n) is 10.4. The zero-order valence-corrected chi connectivity index (χ0v) is 12.0. The van der Waals surface area contributed by atoms with E-state index in [1.165, 1.54) is 12.1 Å². The molecule has 0 saturated carbocycles. The number of halogens is 3. The predicted molar refractivity (Wildman–Crippen MR) is 74.3 cm³/mol. The highest BCUT2D eigenvalue weighted by Gasteiger charge is 2.17. The number of fused-ring (bicyclic) bond motifs is 1. The Morgan fingerprint density at radius 2 is 1.85 bits per heavy atom. The molecule has 2 nitrogen and oxygen atoms in total. The highest BCUT2D eigenvalue weighted by molar-refractivity contribution is 9.09. The van der Waals surface area contributed by atoms with Crippen molar-refractivity contribution >= 4 is 15.9 Å². The van der Waals surface area contributed by atoms with Crippen LogP contribution < -0.4 is 9.47 Å². The first-order chi connectivity index (χ1) is 9.63. The summed E-state index contributed by atoms with van der Waals surface area (Å²) in [6.07, 6.45) is 0.422. The Balaban J connectivity index is 1.80. The van der Waals surface area contributed by atoms with Gasteiger partial charge in [0.2, 0.25) is 6.79 Å². The Bertz CT molecular complexity index is 646. The normalized spacial score (nSPS) is 14.3. The lowest BCUT2D eigenvalue weighted by atomic mass is 10.0. The Morgan fingerprint density at radius 3 is 2.65 bits per heavy atom. The minimum absolute atomic E-state index is 0.0861. The van der Waals surface area contributed by atoms with Crippen LogP contribution in [0.2, 0.25) is 0 Å². The van der Waals surface area contributed by atoms with Gasteiger partial charge in [-0.25, -0.2) is 8.78 Å². The van der Waals surface area contributed by atoms with Crippen LogP contribution in [0.1, 0.15) is 16.0 Å². The van der Waals surface area contributed by atoms with Crippen LogP contribution in [0.4, 0.5) is 8.78 Å². The van der Waals surface area contributed by atoms with Crippen molar-refractivity contribution in [3.05, 3.63) is 59.2 Å². The van der Waals surface area contributed by atoms with Crippen molar-refractivity contribution in [2.75, 3.05) is 6.79 Å². The van der Waals surface area contributed by atoms with Crippen molar-refractivity contribution in [2.24, 2.45) is 0 Å². The van der Waals surface area contributed by atoms with Crippen LogP contribution in [-0.2, 0) is 6.42 Å². The van der Waals surface area contributed by atoms with Gasteiger partial charge in [-0.05, 0) is 35.7 Å². The molecular weight excluding hydrogens is 330 g/mol. The summed E-state index contributed by atoms with van der Waals surface area (Å²) in [5, 5.41) is 0. The molecule has 3 rings (SSSR count). The smallest absolute Gasteiger partial charge is 0.231 e. The van der Waals surface area contributed by atoms with Gasteiger partial charge in [-0.3, -0.25) is 0 Å². The number of alkyl halides is 1. The molecule has 1 aliphatic heterocycles. The first kappa shape index (κ1) is 13.4. The molecule has 0 aromatic heterocycles. The predicted octanol–water partition coefficient (Wildman–Crippen LogP) is 4.37. The molecule has 5 heteroatoms. The zero-order chi connectivity index (χ0) is 14.1. The Hall–Kier alpha value is -1.62. The summed E-state index contributed by atoms with van der Waals surface area (Å²) in [4.78, 5) is -0.0861. The molecule has 1 atom stereocenters. The third-order valence-electron chi connectivity index (χ3n) is 3.17. The molecule has 0 N–H and O–H groups in total. The van der Waals surface area contributed by atoms with Crippen molar-refractivity contribution in [3.63, 3.8) is 0 Å². The topological polar surface area (TPSA) is 18.5 Å². The van der Waals surface area contributed by atoms with Gasteiger partial charge in [0.1, 0.15) is 11.6 Å². The second-order valence-corrected chi connectivity index (χ2v) is 5.63. The van der Waals surface area contributed by atoms with Crippen LogP contribution in [0.5, 0.6) is 11.5 Å². The molecule has 0 saturated heterocycles. The first-order valence-corrected chi connectivity index (χ1v) is 7.02. The molecule has 0 radical (unpaired) electrons. The maximum Gasteiger partial charge on any atom is 0.231 e. The molecule has 1 unspecified atom stereocenters. The van der Waals surface area contributed by atoms with Crippen molar-refractivity contribution in [3.8, 4) is 11.5 Å². The number of benzene rings is 2. The minimum atomic E-state index is -0.569. The van der Waals surface area contributed by atoms with E-state index in [-0.39, 0.29) is 11.6 Å². The van der Waals surface area contributed by atoms with E-state index < -0.39 is 11.6 Å². The summed E-state index contributed by atoms with van der Waals surface area (Å²) in [6.45, 7) is 0.221. The van der Waals surface area contributed by atoms with E-state index in [0.717, 1.165) is 11.6 Å². The molecule has 0 fully saturated rings. The van der Waals surface area contributed by atoms with Crippen molar-refractivity contribution in [1.82, 2.24) is 0 Å². The summed E-state index contributed by atoms with van der Waals surface area (Å²) >= 11 is 3.53.